The predicted molar refractivity (Wildman–Crippen MR) is 118 cm³/mol. The molecule has 0 N–H and O–H groups in total. The topological polar surface area (TPSA) is 67.2 Å². The fourth-order valence-corrected chi connectivity index (χ4v) is 5.78. The molecule has 2 atom stereocenters. The van der Waals surface area contributed by atoms with Crippen molar-refractivity contribution in [3.63, 3.8) is 0 Å². The molecule has 1 aromatic carbocycles. The molecule has 3 saturated heterocycles. The number of ether oxygens (including phenoxy) is 1. The molecule has 176 valence electrons. The Bertz CT molecular complexity index is 1300. The average molecular weight is 487 g/mol. The lowest BCUT2D eigenvalue weighted by atomic mass is 9.89. The van der Waals surface area contributed by atoms with Crippen LogP contribution >= 0.6 is 11.6 Å². The molecular weight excluding hydrogens is 466 g/mol. The molecule has 3 aliphatic heterocycles. The van der Waals surface area contributed by atoms with E-state index in [1.54, 1.807) is 32.5 Å². The number of fused-ring (bicyclic) bond motifs is 2. The van der Waals surface area contributed by atoms with Crippen molar-refractivity contribution in [3.8, 4) is 0 Å². The fourth-order valence-electron chi connectivity index (χ4n) is 5.52. The molecule has 3 aromatic rings. The minimum absolute atomic E-state index is 0.135. The van der Waals surface area contributed by atoms with E-state index in [0.717, 1.165) is 6.07 Å². The lowest BCUT2D eigenvalue weighted by molar-refractivity contribution is -0.142. The second-order valence-corrected chi connectivity index (χ2v) is 9.41. The standard InChI is InChI=1S/C24H21ClF2N4O3/c25-21-20(30-8-2-1-3-18(30)28-21)22(32)29-9-6-24(7-10-29)23(33)31-17(4-5-19(31)34-24)14-11-15(26)13-16(27)12-14/h1-3,8,11-13,17,19H,4-7,9-10H2/t17-,19+/m0/s1. The van der Waals surface area contributed by atoms with Crippen LogP contribution in [0.2, 0.25) is 5.15 Å². The molecule has 2 aromatic heterocycles. The third kappa shape index (κ3) is 3.21. The molecule has 0 aliphatic carbocycles. The van der Waals surface area contributed by atoms with Crippen molar-refractivity contribution in [2.75, 3.05) is 13.1 Å². The maximum atomic E-state index is 13.8. The monoisotopic (exact) mass is 486 g/mol. The molecule has 0 radical (unpaired) electrons. The zero-order valence-corrected chi connectivity index (χ0v) is 18.8. The van der Waals surface area contributed by atoms with E-state index in [2.05, 4.69) is 4.98 Å². The quantitative estimate of drug-likeness (QED) is 0.550. The molecule has 3 fully saturated rings. The first kappa shape index (κ1) is 21.5. The van der Waals surface area contributed by atoms with E-state index in [1.165, 1.54) is 12.1 Å². The minimum atomic E-state index is -1.03. The molecule has 1 spiro atoms. The lowest BCUT2D eigenvalue weighted by Crippen LogP contribution is -2.51. The van der Waals surface area contributed by atoms with Crippen LogP contribution in [0.5, 0.6) is 0 Å². The molecule has 34 heavy (non-hydrogen) atoms. The van der Waals surface area contributed by atoms with Crippen LogP contribution in [0, 0.1) is 11.6 Å². The van der Waals surface area contributed by atoms with Gasteiger partial charge in [0.15, 0.2) is 16.4 Å². The summed E-state index contributed by atoms with van der Waals surface area (Å²) in [6.07, 6.45) is 3.15. The van der Waals surface area contributed by atoms with E-state index in [1.807, 2.05) is 6.07 Å². The molecule has 0 saturated carbocycles. The number of amides is 2. The Kier molecular flexibility index (Phi) is 4.90. The zero-order chi connectivity index (χ0) is 23.6. The number of rotatable bonds is 2. The zero-order valence-electron chi connectivity index (χ0n) is 18.1. The van der Waals surface area contributed by atoms with Crippen LogP contribution in [0.1, 0.15) is 47.8 Å². The SMILES string of the molecule is O=C(c1c(Cl)nc2ccccn12)N1CCC2(CC1)O[C@@H]1CC[C@@H](c3cc(F)cc(F)c3)N1C2=O. The molecule has 10 heteroatoms. The van der Waals surface area contributed by atoms with Gasteiger partial charge in [0.05, 0.1) is 6.04 Å². The van der Waals surface area contributed by atoms with Crippen molar-refractivity contribution >= 4 is 29.1 Å². The Morgan fingerprint density at radius 2 is 1.85 bits per heavy atom. The van der Waals surface area contributed by atoms with Gasteiger partial charge in [-0.25, -0.2) is 13.8 Å². The summed E-state index contributed by atoms with van der Waals surface area (Å²) in [5.41, 5.74) is 0.276. The van der Waals surface area contributed by atoms with Crippen LogP contribution in [0.4, 0.5) is 8.78 Å². The van der Waals surface area contributed by atoms with Gasteiger partial charge in [0, 0.05) is 38.2 Å². The van der Waals surface area contributed by atoms with Gasteiger partial charge in [-0.05, 0) is 42.7 Å². The summed E-state index contributed by atoms with van der Waals surface area (Å²) in [6, 6.07) is 8.32. The lowest BCUT2D eigenvalue weighted by Gasteiger charge is -2.37. The van der Waals surface area contributed by atoms with Gasteiger partial charge < -0.3 is 14.5 Å². The van der Waals surface area contributed by atoms with Crippen LogP contribution < -0.4 is 0 Å². The van der Waals surface area contributed by atoms with Crippen molar-refractivity contribution in [1.82, 2.24) is 19.2 Å². The van der Waals surface area contributed by atoms with E-state index in [0.29, 0.717) is 55.7 Å². The van der Waals surface area contributed by atoms with Crippen LogP contribution in [-0.4, -0.2) is 55.9 Å². The first-order valence-corrected chi connectivity index (χ1v) is 11.6. The van der Waals surface area contributed by atoms with Crippen molar-refractivity contribution < 1.29 is 23.1 Å². The fraction of sp³-hybridized carbons (Fsp3) is 0.375. The highest BCUT2D eigenvalue weighted by Gasteiger charge is 2.58. The summed E-state index contributed by atoms with van der Waals surface area (Å²) in [6.45, 7) is 0.640. The van der Waals surface area contributed by atoms with E-state index in [-0.39, 0.29) is 17.0 Å². The maximum Gasteiger partial charge on any atom is 0.274 e. The van der Waals surface area contributed by atoms with Crippen molar-refractivity contribution in [3.05, 3.63) is 70.6 Å². The number of halogens is 3. The number of hydrogen-bond acceptors (Lipinski definition) is 4. The molecule has 6 rings (SSSR count). The highest BCUT2D eigenvalue weighted by Crippen LogP contribution is 2.47. The first-order valence-electron chi connectivity index (χ1n) is 11.2. The van der Waals surface area contributed by atoms with Crippen LogP contribution in [0.15, 0.2) is 42.6 Å². The van der Waals surface area contributed by atoms with Crippen LogP contribution in [-0.2, 0) is 9.53 Å². The van der Waals surface area contributed by atoms with Crippen molar-refractivity contribution in [2.24, 2.45) is 0 Å². The van der Waals surface area contributed by atoms with Gasteiger partial charge >= 0.3 is 0 Å². The summed E-state index contributed by atoms with van der Waals surface area (Å²) >= 11 is 6.27. The first-order chi connectivity index (χ1) is 16.4. The summed E-state index contributed by atoms with van der Waals surface area (Å²) in [7, 11) is 0. The number of aromatic nitrogens is 2. The highest BCUT2D eigenvalue weighted by molar-refractivity contribution is 6.32. The predicted octanol–water partition coefficient (Wildman–Crippen LogP) is 3.96. The molecule has 0 bridgehead atoms. The van der Waals surface area contributed by atoms with Gasteiger partial charge in [-0.3, -0.25) is 14.0 Å². The Hall–Kier alpha value is -3.04. The van der Waals surface area contributed by atoms with Gasteiger partial charge in [0.2, 0.25) is 0 Å². The van der Waals surface area contributed by atoms with Gasteiger partial charge in [0.25, 0.3) is 11.8 Å². The second kappa shape index (κ2) is 7.74. The second-order valence-electron chi connectivity index (χ2n) is 9.05. The molecular formula is C24H21ClF2N4O3. The number of likely N-dealkylation sites (tertiary alicyclic amines) is 1. The van der Waals surface area contributed by atoms with E-state index in [4.69, 9.17) is 16.3 Å². The third-order valence-electron chi connectivity index (χ3n) is 7.14. The minimum Gasteiger partial charge on any atom is -0.342 e. The smallest absolute Gasteiger partial charge is 0.274 e. The number of imidazole rings is 1. The Morgan fingerprint density at radius 1 is 1.12 bits per heavy atom. The number of carbonyl (C=O) groups is 2. The highest BCUT2D eigenvalue weighted by atomic mass is 35.5. The maximum absolute atomic E-state index is 13.8. The number of piperidine rings is 1. The van der Waals surface area contributed by atoms with Crippen LogP contribution in [0.25, 0.3) is 5.65 Å². The molecule has 7 nitrogen and oxygen atoms in total. The summed E-state index contributed by atoms with van der Waals surface area (Å²) in [5, 5.41) is 0.135. The van der Waals surface area contributed by atoms with Crippen molar-refractivity contribution in [1.29, 1.82) is 0 Å². The Labute approximate surface area is 198 Å². The summed E-state index contributed by atoms with van der Waals surface area (Å²) in [4.78, 5) is 34.3. The number of benzene rings is 1. The van der Waals surface area contributed by atoms with Crippen molar-refractivity contribution in [2.45, 2.75) is 43.6 Å². The van der Waals surface area contributed by atoms with Gasteiger partial charge in [-0.1, -0.05) is 17.7 Å². The third-order valence-corrected chi connectivity index (χ3v) is 7.40. The number of hydrogen-bond donors (Lipinski definition) is 0. The Balaban J connectivity index is 1.21. The van der Waals surface area contributed by atoms with Gasteiger partial charge in [-0.15, -0.1) is 0 Å². The molecule has 0 unspecified atom stereocenters. The van der Waals surface area contributed by atoms with Crippen LogP contribution in [0.3, 0.4) is 0 Å². The summed E-state index contributed by atoms with van der Waals surface area (Å²) in [5.74, 6) is -1.76. The molecule has 3 aliphatic rings. The van der Waals surface area contributed by atoms with Gasteiger partial charge in [0.1, 0.15) is 23.5 Å². The van der Waals surface area contributed by atoms with E-state index in [9.17, 15) is 18.4 Å². The Morgan fingerprint density at radius 3 is 2.59 bits per heavy atom. The summed E-state index contributed by atoms with van der Waals surface area (Å²) < 4.78 is 35.5. The normalized spacial score (nSPS) is 23.8. The average Bonchev–Trinajstić information content (AvgIpc) is 3.44. The largest absolute Gasteiger partial charge is 0.342 e. The van der Waals surface area contributed by atoms with E-state index >= 15 is 0 Å². The van der Waals surface area contributed by atoms with Gasteiger partial charge in [-0.2, -0.15) is 0 Å². The number of nitrogens with zero attached hydrogens (tertiary/aromatic N) is 4. The number of carbonyl (C=O) groups excluding carboxylic acids is 2. The molecule has 5 heterocycles. The number of pyridine rings is 1. The van der Waals surface area contributed by atoms with E-state index < -0.39 is 29.5 Å². The molecule has 2 amide bonds.